The molecular formula is C13H18O3. The van der Waals surface area contributed by atoms with Crippen molar-refractivity contribution < 1.29 is 14.2 Å². The Labute approximate surface area is 96.3 Å². The van der Waals surface area contributed by atoms with E-state index < -0.39 is 5.79 Å². The van der Waals surface area contributed by atoms with Gasteiger partial charge >= 0.3 is 0 Å². The Bertz CT molecular complexity index is 367. The van der Waals surface area contributed by atoms with Crippen molar-refractivity contribution in [2.24, 2.45) is 0 Å². The van der Waals surface area contributed by atoms with Crippen LogP contribution in [0.4, 0.5) is 0 Å². The lowest BCUT2D eigenvalue weighted by molar-refractivity contribution is -0.168. The maximum atomic E-state index is 5.80. The smallest absolute Gasteiger partial charge is 0.198 e. The Morgan fingerprint density at radius 2 is 2.00 bits per heavy atom. The van der Waals surface area contributed by atoms with E-state index in [4.69, 9.17) is 14.2 Å². The monoisotopic (exact) mass is 222 g/mol. The highest BCUT2D eigenvalue weighted by molar-refractivity contribution is 5.43. The average molecular weight is 222 g/mol. The van der Waals surface area contributed by atoms with Gasteiger partial charge in [-0.2, -0.15) is 0 Å². The summed E-state index contributed by atoms with van der Waals surface area (Å²) in [6.45, 7) is 5.41. The first-order valence-corrected chi connectivity index (χ1v) is 5.65. The summed E-state index contributed by atoms with van der Waals surface area (Å²) in [6, 6.07) is 5.99. The van der Waals surface area contributed by atoms with Gasteiger partial charge in [-0.25, -0.2) is 0 Å². The minimum atomic E-state index is -0.614. The molecule has 1 aromatic carbocycles. The van der Waals surface area contributed by atoms with Gasteiger partial charge in [0, 0.05) is 6.42 Å². The van der Waals surface area contributed by atoms with Gasteiger partial charge in [0.1, 0.15) is 5.75 Å². The fraction of sp³-hybridized carbons (Fsp3) is 0.538. The second kappa shape index (κ2) is 4.44. The Hall–Kier alpha value is -1.06. The fourth-order valence-electron chi connectivity index (χ4n) is 2.28. The Morgan fingerprint density at radius 3 is 2.56 bits per heavy atom. The van der Waals surface area contributed by atoms with E-state index in [1.54, 1.807) is 7.11 Å². The van der Waals surface area contributed by atoms with Crippen LogP contribution in [0.2, 0.25) is 0 Å². The van der Waals surface area contributed by atoms with Gasteiger partial charge in [0.15, 0.2) is 5.79 Å². The topological polar surface area (TPSA) is 27.7 Å². The third kappa shape index (κ3) is 1.70. The van der Waals surface area contributed by atoms with E-state index in [0.717, 1.165) is 23.3 Å². The highest BCUT2D eigenvalue weighted by Gasteiger charge is 2.40. The van der Waals surface area contributed by atoms with E-state index in [1.165, 1.54) is 0 Å². The van der Waals surface area contributed by atoms with Gasteiger partial charge in [-0.05, 0) is 18.6 Å². The van der Waals surface area contributed by atoms with E-state index in [2.05, 4.69) is 19.9 Å². The van der Waals surface area contributed by atoms with E-state index >= 15 is 0 Å². The molecule has 0 saturated carbocycles. The van der Waals surface area contributed by atoms with Crippen molar-refractivity contribution in [1.29, 1.82) is 0 Å². The number of aryl methyl sites for hydroxylation is 1. The lowest BCUT2D eigenvalue weighted by Crippen LogP contribution is -2.27. The molecule has 1 heterocycles. The van der Waals surface area contributed by atoms with Crippen molar-refractivity contribution in [1.82, 2.24) is 0 Å². The third-order valence-electron chi connectivity index (χ3n) is 3.05. The zero-order valence-corrected chi connectivity index (χ0v) is 10.1. The van der Waals surface area contributed by atoms with E-state index in [9.17, 15) is 0 Å². The predicted octanol–water partition coefficient (Wildman–Crippen LogP) is 2.61. The number of benzene rings is 1. The molecule has 0 radical (unpaired) electrons. The molecule has 3 heteroatoms. The molecule has 1 aliphatic heterocycles. The molecule has 0 aromatic heterocycles. The van der Waals surface area contributed by atoms with Crippen LogP contribution in [-0.2, 0) is 15.3 Å². The molecule has 16 heavy (non-hydrogen) atoms. The summed E-state index contributed by atoms with van der Waals surface area (Å²) in [7, 11) is 1.68. The lowest BCUT2D eigenvalue weighted by atomic mass is 9.97. The average Bonchev–Trinajstić information content (AvgIpc) is 2.78. The van der Waals surface area contributed by atoms with Crippen LogP contribution in [0, 0.1) is 6.92 Å². The van der Waals surface area contributed by atoms with Crippen LogP contribution >= 0.6 is 0 Å². The number of ether oxygens (including phenoxy) is 3. The predicted molar refractivity (Wildman–Crippen MR) is 61.6 cm³/mol. The quantitative estimate of drug-likeness (QED) is 0.786. The first-order chi connectivity index (χ1) is 7.73. The third-order valence-corrected chi connectivity index (χ3v) is 3.05. The van der Waals surface area contributed by atoms with Crippen molar-refractivity contribution in [2.75, 3.05) is 20.3 Å². The summed E-state index contributed by atoms with van der Waals surface area (Å²) in [5.74, 6) is 0.222. The second-order valence-corrected chi connectivity index (χ2v) is 3.96. The number of methoxy groups -OCH3 is 1. The highest BCUT2D eigenvalue weighted by atomic mass is 16.7. The van der Waals surface area contributed by atoms with Gasteiger partial charge in [0.25, 0.3) is 0 Å². The zero-order valence-electron chi connectivity index (χ0n) is 10.1. The Morgan fingerprint density at radius 1 is 1.31 bits per heavy atom. The van der Waals surface area contributed by atoms with Crippen LogP contribution in [-0.4, -0.2) is 20.3 Å². The first kappa shape index (κ1) is 11.4. The molecule has 0 bridgehead atoms. The van der Waals surface area contributed by atoms with Crippen LogP contribution in [0.1, 0.15) is 24.5 Å². The standard InChI is InChI=1S/C13H18O3/c1-4-13(15-8-9-16-13)12-10(2)6-5-7-11(12)14-3/h5-7H,4,8-9H2,1-3H3. The Kier molecular flexibility index (Phi) is 3.17. The SMILES string of the molecule is CCC1(c2c(C)cccc2OC)OCCO1. The summed E-state index contributed by atoms with van der Waals surface area (Å²) in [5.41, 5.74) is 2.17. The molecule has 0 atom stereocenters. The largest absolute Gasteiger partial charge is 0.496 e. The fourth-order valence-corrected chi connectivity index (χ4v) is 2.28. The van der Waals surface area contributed by atoms with E-state index in [0.29, 0.717) is 13.2 Å². The summed E-state index contributed by atoms with van der Waals surface area (Å²) >= 11 is 0. The molecule has 1 fully saturated rings. The van der Waals surface area contributed by atoms with Crippen LogP contribution in [0.5, 0.6) is 5.75 Å². The Balaban J connectivity index is 2.52. The molecule has 88 valence electrons. The van der Waals surface area contributed by atoms with Crippen molar-refractivity contribution in [3.8, 4) is 5.75 Å². The van der Waals surface area contributed by atoms with Crippen molar-refractivity contribution >= 4 is 0 Å². The van der Waals surface area contributed by atoms with Crippen molar-refractivity contribution in [3.05, 3.63) is 29.3 Å². The van der Waals surface area contributed by atoms with Gasteiger partial charge < -0.3 is 14.2 Å². The minimum absolute atomic E-state index is 0.614. The van der Waals surface area contributed by atoms with Gasteiger partial charge in [-0.3, -0.25) is 0 Å². The molecule has 0 unspecified atom stereocenters. The van der Waals surface area contributed by atoms with Crippen LogP contribution in [0.25, 0.3) is 0 Å². The minimum Gasteiger partial charge on any atom is -0.496 e. The summed E-state index contributed by atoms with van der Waals surface area (Å²) in [4.78, 5) is 0. The summed E-state index contributed by atoms with van der Waals surface area (Å²) in [5, 5.41) is 0. The molecule has 0 amide bonds. The first-order valence-electron chi connectivity index (χ1n) is 5.65. The second-order valence-electron chi connectivity index (χ2n) is 3.96. The van der Waals surface area contributed by atoms with Gasteiger partial charge in [-0.1, -0.05) is 19.1 Å². The molecule has 3 nitrogen and oxygen atoms in total. The van der Waals surface area contributed by atoms with E-state index in [-0.39, 0.29) is 0 Å². The van der Waals surface area contributed by atoms with Gasteiger partial charge in [0.05, 0.1) is 25.9 Å². The molecule has 1 aliphatic rings. The van der Waals surface area contributed by atoms with Crippen LogP contribution < -0.4 is 4.74 Å². The van der Waals surface area contributed by atoms with Gasteiger partial charge in [-0.15, -0.1) is 0 Å². The maximum absolute atomic E-state index is 5.80. The van der Waals surface area contributed by atoms with Crippen molar-refractivity contribution in [3.63, 3.8) is 0 Å². The number of hydrogen-bond donors (Lipinski definition) is 0. The maximum Gasteiger partial charge on any atom is 0.198 e. The normalized spacial score (nSPS) is 18.7. The molecule has 1 saturated heterocycles. The highest BCUT2D eigenvalue weighted by Crippen LogP contribution is 2.41. The summed E-state index contributed by atoms with van der Waals surface area (Å²) in [6.07, 6.45) is 0.786. The molecular weight excluding hydrogens is 204 g/mol. The van der Waals surface area contributed by atoms with Crippen molar-refractivity contribution in [2.45, 2.75) is 26.1 Å². The van der Waals surface area contributed by atoms with Gasteiger partial charge in [0.2, 0.25) is 0 Å². The molecule has 1 aromatic rings. The molecule has 0 N–H and O–H groups in total. The zero-order chi connectivity index (χ0) is 11.6. The molecule has 2 rings (SSSR count). The van der Waals surface area contributed by atoms with Crippen LogP contribution in [0.3, 0.4) is 0 Å². The summed E-state index contributed by atoms with van der Waals surface area (Å²) < 4.78 is 17.0. The van der Waals surface area contributed by atoms with Crippen LogP contribution in [0.15, 0.2) is 18.2 Å². The molecule has 0 spiro atoms. The number of rotatable bonds is 3. The molecule has 0 aliphatic carbocycles. The van der Waals surface area contributed by atoms with E-state index in [1.807, 2.05) is 12.1 Å². The lowest BCUT2D eigenvalue weighted by Gasteiger charge is -2.29. The number of hydrogen-bond acceptors (Lipinski definition) is 3.